The molecule has 1 aromatic rings. The van der Waals surface area contributed by atoms with Crippen LogP contribution in [-0.2, 0) is 11.3 Å². The minimum absolute atomic E-state index is 0.0858. The summed E-state index contributed by atoms with van der Waals surface area (Å²) < 4.78 is 5.28. The van der Waals surface area contributed by atoms with E-state index in [0.29, 0.717) is 0 Å². The van der Waals surface area contributed by atoms with E-state index in [1.807, 2.05) is 6.07 Å². The molecule has 0 unspecified atom stereocenters. The number of methoxy groups -OCH3 is 1. The number of nitrogens with two attached hydrogens (primary N) is 1. The number of rotatable bonds is 8. The molecule has 1 amide bonds. The Morgan fingerprint density at radius 3 is 2.74 bits per heavy atom. The van der Waals surface area contributed by atoms with Gasteiger partial charge in [0.1, 0.15) is 5.75 Å². The highest BCUT2D eigenvalue weighted by molar-refractivity contribution is 5.76. The Kier molecular flexibility index (Phi) is 6.86. The first-order valence-electron chi connectivity index (χ1n) is 8.46. The Hall–Kier alpha value is -1.59. The first-order valence-corrected chi connectivity index (χ1v) is 8.46. The van der Waals surface area contributed by atoms with Gasteiger partial charge in [0.2, 0.25) is 5.91 Å². The zero-order valence-electron chi connectivity index (χ0n) is 14.3. The van der Waals surface area contributed by atoms with Crippen LogP contribution in [0.15, 0.2) is 18.2 Å². The number of nitrogens with one attached hydrogen (secondary N) is 1. The van der Waals surface area contributed by atoms with Gasteiger partial charge in [0.15, 0.2) is 0 Å². The summed E-state index contributed by atoms with van der Waals surface area (Å²) in [5.74, 6) is 0.886. The van der Waals surface area contributed by atoms with Crippen molar-refractivity contribution in [3.63, 3.8) is 0 Å². The Morgan fingerprint density at radius 2 is 2.13 bits per heavy atom. The van der Waals surface area contributed by atoms with Crippen LogP contribution in [0.1, 0.15) is 30.4 Å². The molecular weight excluding hydrogens is 290 g/mol. The van der Waals surface area contributed by atoms with E-state index in [2.05, 4.69) is 29.3 Å². The van der Waals surface area contributed by atoms with Crippen LogP contribution in [0.4, 0.5) is 0 Å². The van der Waals surface area contributed by atoms with E-state index in [0.717, 1.165) is 57.7 Å². The molecule has 1 aromatic carbocycles. The Bertz CT molecular complexity index is 511. The van der Waals surface area contributed by atoms with Crippen LogP contribution in [0.3, 0.4) is 0 Å². The summed E-state index contributed by atoms with van der Waals surface area (Å²) in [5.41, 5.74) is 7.81. The van der Waals surface area contributed by atoms with Crippen molar-refractivity contribution in [3.05, 3.63) is 29.3 Å². The predicted octanol–water partition coefficient (Wildman–Crippen LogP) is 1.68. The van der Waals surface area contributed by atoms with Crippen LogP contribution in [0, 0.1) is 12.8 Å². The molecule has 1 fully saturated rings. The number of hydrogen-bond donors (Lipinski definition) is 2. The largest absolute Gasteiger partial charge is 0.496 e. The lowest BCUT2D eigenvalue weighted by Crippen LogP contribution is -2.39. The van der Waals surface area contributed by atoms with Crippen molar-refractivity contribution >= 4 is 5.91 Å². The zero-order valence-corrected chi connectivity index (χ0v) is 14.3. The van der Waals surface area contributed by atoms with Gasteiger partial charge in [-0.05, 0) is 69.6 Å². The number of amides is 1. The first-order chi connectivity index (χ1) is 11.1. The molecule has 3 N–H and O–H groups in total. The second kappa shape index (κ2) is 8.89. The van der Waals surface area contributed by atoms with E-state index in [1.54, 1.807) is 7.11 Å². The molecule has 1 saturated heterocycles. The van der Waals surface area contributed by atoms with Gasteiger partial charge in [0, 0.05) is 12.5 Å². The van der Waals surface area contributed by atoms with Crippen molar-refractivity contribution in [1.82, 2.24) is 10.2 Å². The fourth-order valence-electron chi connectivity index (χ4n) is 3.15. The highest BCUT2D eigenvalue weighted by Crippen LogP contribution is 2.18. The van der Waals surface area contributed by atoms with E-state index in [4.69, 9.17) is 10.5 Å². The lowest BCUT2D eigenvalue weighted by Gasteiger charge is -2.30. The number of likely N-dealkylation sites (tertiary alicyclic amines) is 1. The average molecular weight is 319 g/mol. The van der Waals surface area contributed by atoms with Crippen LogP contribution in [-0.4, -0.2) is 44.1 Å². The van der Waals surface area contributed by atoms with Gasteiger partial charge >= 0.3 is 0 Å². The number of ether oxygens (including phenoxy) is 1. The summed E-state index contributed by atoms with van der Waals surface area (Å²) in [6.07, 6.45) is 2.94. The quantitative estimate of drug-likeness (QED) is 0.716. The number of piperidine rings is 1. The average Bonchev–Trinajstić information content (AvgIpc) is 2.55. The summed E-state index contributed by atoms with van der Waals surface area (Å²) in [6.45, 7) is 7.02. The van der Waals surface area contributed by atoms with E-state index >= 15 is 0 Å². The molecular formula is C18H29N3O2. The molecule has 0 bridgehead atoms. The molecule has 5 nitrogen and oxygen atoms in total. The molecule has 1 aliphatic heterocycles. The highest BCUT2D eigenvalue weighted by Gasteiger charge is 2.22. The van der Waals surface area contributed by atoms with Gasteiger partial charge in [-0.2, -0.15) is 0 Å². The smallest absolute Gasteiger partial charge is 0.220 e. The SMILES string of the molecule is COc1ccc(CNCCCN2CCC(C(N)=O)CC2)cc1C. The maximum absolute atomic E-state index is 11.1. The maximum atomic E-state index is 11.1. The van der Waals surface area contributed by atoms with Gasteiger partial charge in [0.05, 0.1) is 7.11 Å². The molecule has 0 spiro atoms. The molecule has 0 atom stereocenters. The monoisotopic (exact) mass is 319 g/mol. The number of hydrogen-bond acceptors (Lipinski definition) is 4. The molecule has 23 heavy (non-hydrogen) atoms. The van der Waals surface area contributed by atoms with Gasteiger partial charge in [0.25, 0.3) is 0 Å². The highest BCUT2D eigenvalue weighted by atomic mass is 16.5. The molecule has 5 heteroatoms. The van der Waals surface area contributed by atoms with Crippen molar-refractivity contribution in [2.75, 3.05) is 33.3 Å². The Balaban J connectivity index is 1.59. The molecule has 0 saturated carbocycles. The maximum Gasteiger partial charge on any atom is 0.220 e. The van der Waals surface area contributed by atoms with E-state index in [1.165, 1.54) is 11.1 Å². The Morgan fingerprint density at radius 1 is 1.39 bits per heavy atom. The Labute approximate surface area is 139 Å². The summed E-state index contributed by atoms with van der Waals surface area (Å²) in [4.78, 5) is 13.6. The fraction of sp³-hybridized carbons (Fsp3) is 0.611. The van der Waals surface area contributed by atoms with Crippen molar-refractivity contribution in [2.45, 2.75) is 32.7 Å². The molecule has 128 valence electrons. The van der Waals surface area contributed by atoms with Crippen molar-refractivity contribution in [1.29, 1.82) is 0 Å². The second-order valence-electron chi connectivity index (χ2n) is 6.35. The van der Waals surface area contributed by atoms with E-state index in [-0.39, 0.29) is 11.8 Å². The number of primary amides is 1. The summed E-state index contributed by atoms with van der Waals surface area (Å²) >= 11 is 0. The fourth-order valence-corrected chi connectivity index (χ4v) is 3.15. The van der Waals surface area contributed by atoms with Crippen molar-refractivity contribution < 1.29 is 9.53 Å². The summed E-state index contributed by atoms with van der Waals surface area (Å²) in [6, 6.07) is 6.29. The predicted molar refractivity (Wildman–Crippen MR) is 92.4 cm³/mol. The minimum Gasteiger partial charge on any atom is -0.496 e. The van der Waals surface area contributed by atoms with Crippen LogP contribution < -0.4 is 15.8 Å². The molecule has 0 aliphatic carbocycles. The lowest BCUT2D eigenvalue weighted by molar-refractivity contribution is -0.123. The number of benzene rings is 1. The summed E-state index contributed by atoms with van der Waals surface area (Å²) in [7, 11) is 1.70. The van der Waals surface area contributed by atoms with Crippen molar-refractivity contribution in [2.24, 2.45) is 11.7 Å². The number of carbonyl (C=O) groups excluding carboxylic acids is 1. The van der Waals surface area contributed by atoms with Crippen LogP contribution in [0.25, 0.3) is 0 Å². The second-order valence-corrected chi connectivity index (χ2v) is 6.35. The number of nitrogens with zero attached hydrogens (tertiary/aromatic N) is 1. The number of aryl methyl sites for hydroxylation is 1. The summed E-state index contributed by atoms with van der Waals surface area (Å²) in [5, 5.41) is 3.49. The van der Waals surface area contributed by atoms with Gasteiger partial charge < -0.3 is 20.7 Å². The molecule has 1 aliphatic rings. The minimum atomic E-state index is -0.138. The first kappa shape index (κ1) is 17.8. The third-order valence-corrected chi connectivity index (χ3v) is 4.61. The molecule has 2 rings (SSSR count). The number of carbonyl (C=O) groups is 1. The van der Waals surface area contributed by atoms with Crippen molar-refractivity contribution in [3.8, 4) is 5.75 Å². The van der Waals surface area contributed by atoms with E-state index in [9.17, 15) is 4.79 Å². The van der Waals surface area contributed by atoms with Crippen LogP contribution in [0.2, 0.25) is 0 Å². The van der Waals surface area contributed by atoms with Gasteiger partial charge in [-0.15, -0.1) is 0 Å². The van der Waals surface area contributed by atoms with Gasteiger partial charge in [-0.1, -0.05) is 12.1 Å². The molecule has 1 heterocycles. The van der Waals surface area contributed by atoms with E-state index < -0.39 is 0 Å². The lowest BCUT2D eigenvalue weighted by atomic mass is 9.96. The standard InChI is InChI=1S/C18H29N3O2/c1-14-12-15(4-5-17(14)23-2)13-20-8-3-9-21-10-6-16(7-11-21)18(19)22/h4-5,12,16,20H,3,6-11,13H2,1-2H3,(H2,19,22). The van der Waals surface area contributed by atoms with Gasteiger partial charge in [-0.25, -0.2) is 0 Å². The van der Waals surface area contributed by atoms with Gasteiger partial charge in [-0.3, -0.25) is 4.79 Å². The van der Waals surface area contributed by atoms with Crippen LogP contribution in [0.5, 0.6) is 5.75 Å². The third kappa shape index (κ3) is 5.52. The normalized spacial score (nSPS) is 16.4. The topological polar surface area (TPSA) is 67.6 Å². The third-order valence-electron chi connectivity index (χ3n) is 4.61. The zero-order chi connectivity index (χ0) is 16.7. The molecule has 0 aromatic heterocycles. The van der Waals surface area contributed by atoms with Crippen LogP contribution >= 0.6 is 0 Å². The molecule has 0 radical (unpaired) electrons.